The summed E-state index contributed by atoms with van der Waals surface area (Å²) in [5, 5.41) is 4.36. The smallest absolute Gasteiger partial charge is 0.496 e. The normalized spacial score (nSPS) is 11.2. The van der Waals surface area contributed by atoms with Gasteiger partial charge >= 0.3 is 6.36 Å². The lowest BCUT2D eigenvalue weighted by Crippen LogP contribution is -2.35. The number of aromatic nitrogens is 3. The molecule has 8 nitrogen and oxygen atoms in total. The number of amides is 2. The van der Waals surface area contributed by atoms with Crippen molar-refractivity contribution in [3.63, 3.8) is 0 Å². The molecule has 0 bridgehead atoms. The second-order valence-electron chi connectivity index (χ2n) is 9.16. The predicted molar refractivity (Wildman–Crippen MR) is 149 cm³/mol. The second-order valence-corrected chi connectivity index (χ2v) is 9.16. The van der Waals surface area contributed by atoms with Crippen molar-refractivity contribution in [3.05, 3.63) is 109 Å². The van der Waals surface area contributed by atoms with E-state index in [0.717, 1.165) is 23.1 Å². The van der Waals surface area contributed by atoms with E-state index >= 15 is 0 Å². The Morgan fingerprint density at radius 2 is 1.58 bits per heavy atom. The van der Waals surface area contributed by atoms with Crippen molar-refractivity contribution in [2.75, 3.05) is 12.0 Å². The van der Waals surface area contributed by atoms with Crippen LogP contribution in [-0.2, 0) is 4.79 Å². The van der Waals surface area contributed by atoms with Crippen molar-refractivity contribution >= 4 is 17.5 Å². The number of nitrogens with zero attached hydrogens (tertiary/aromatic N) is 4. The SMILES string of the molecule is COc1ccccc1-c1cc(C(=O)N(C(C)=O)c2ccc(-c3ncn(-c4ccc(OC(F)(F)F)cc4)n3)cc2)ccc1F. The van der Waals surface area contributed by atoms with E-state index in [1.54, 1.807) is 48.5 Å². The van der Waals surface area contributed by atoms with Gasteiger partial charge in [0, 0.05) is 29.2 Å². The summed E-state index contributed by atoms with van der Waals surface area (Å²) in [4.78, 5) is 31.3. The lowest BCUT2D eigenvalue weighted by atomic mass is 10.0. The molecule has 5 aromatic rings. The minimum absolute atomic E-state index is 0.0913. The van der Waals surface area contributed by atoms with Gasteiger partial charge in [0.15, 0.2) is 5.82 Å². The highest BCUT2D eigenvalue weighted by Crippen LogP contribution is 2.33. The van der Waals surface area contributed by atoms with Crippen LogP contribution >= 0.6 is 0 Å². The maximum absolute atomic E-state index is 14.8. The number of para-hydroxylation sites is 1. The molecule has 0 aliphatic rings. The van der Waals surface area contributed by atoms with Crippen molar-refractivity contribution in [1.82, 2.24) is 14.8 Å². The fourth-order valence-corrected chi connectivity index (χ4v) is 4.38. The first-order chi connectivity index (χ1) is 20.5. The van der Waals surface area contributed by atoms with Crippen molar-refractivity contribution < 1.29 is 36.6 Å². The third-order valence-corrected chi connectivity index (χ3v) is 6.34. The third-order valence-electron chi connectivity index (χ3n) is 6.34. The molecule has 0 atom stereocenters. The molecule has 218 valence electrons. The van der Waals surface area contributed by atoms with E-state index in [4.69, 9.17) is 4.74 Å². The number of halogens is 4. The average Bonchev–Trinajstić information content (AvgIpc) is 3.48. The van der Waals surface area contributed by atoms with E-state index in [2.05, 4.69) is 14.8 Å². The van der Waals surface area contributed by atoms with Gasteiger partial charge in [-0.05, 0) is 72.8 Å². The molecule has 43 heavy (non-hydrogen) atoms. The molecule has 1 heterocycles. The van der Waals surface area contributed by atoms with Crippen molar-refractivity contribution in [3.8, 4) is 39.7 Å². The molecule has 0 saturated heterocycles. The zero-order valence-corrected chi connectivity index (χ0v) is 22.7. The van der Waals surface area contributed by atoms with Crippen LogP contribution in [0, 0.1) is 5.82 Å². The number of methoxy groups -OCH3 is 1. The summed E-state index contributed by atoms with van der Waals surface area (Å²) < 4.78 is 62.7. The van der Waals surface area contributed by atoms with Crippen LogP contribution in [0.4, 0.5) is 23.2 Å². The Kier molecular flexibility index (Phi) is 7.93. The minimum atomic E-state index is -4.80. The molecule has 0 unspecified atom stereocenters. The van der Waals surface area contributed by atoms with Gasteiger partial charge in [0.1, 0.15) is 23.6 Å². The number of ether oxygens (including phenoxy) is 2. The molecule has 0 spiro atoms. The Morgan fingerprint density at radius 1 is 0.884 bits per heavy atom. The third kappa shape index (κ3) is 6.38. The summed E-state index contributed by atoms with van der Waals surface area (Å²) in [6, 6.07) is 22.1. The Balaban J connectivity index is 1.38. The second kappa shape index (κ2) is 11.8. The van der Waals surface area contributed by atoms with Crippen LogP contribution in [0.1, 0.15) is 17.3 Å². The number of hydrogen-bond donors (Lipinski definition) is 0. The molecule has 0 radical (unpaired) electrons. The Labute approximate surface area is 242 Å². The summed E-state index contributed by atoms with van der Waals surface area (Å²) in [6.07, 6.45) is -3.41. The van der Waals surface area contributed by atoms with Crippen LogP contribution in [0.3, 0.4) is 0 Å². The number of alkyl halides is 3. The quantitative estimate of drug-likeness (QED) is 0.193. The van der Waals surface area contributed by atoms with Gasteiger partial charge in [-0.25, -0.2) is 19.0 Å². The predicted octanol–water partition coefficient (Wildman–Crippen LogP) is 6.84. The zero-order valence-electron chi connectivity index (χ0n) is 22.7. The highest BCUT2D eigenvalue weighted by Gasteiger charge is 2.31. The Bertz CT molecular complexity index is 1790. The molecular weight excluding hydrogens is 568 g/mol. The summed E-state index contributed by atoms with van der Waals surface area (Å²) in [7, 11) is 1.46. The summed E-state index contributed by atoms with van der Waals surface area (Å²) in [5.41, 5.74) is 1.96. The maximum Gasteiger partial charge on any atom is 0.573 e. The zero-order chi connectivity index (χ0) is 30.7. The van der Waals surface area contributed by atoms with Gasteiger partial charge in [0.2, 0.25) is 5.91 Å². The van der Waals surface area contributed by atoms with E-state index in [1.165, 1.54) is 49.3 Å². The van der Waals surface area contributed by atoms with Gasteiger partial charge in [0.25, 0.3) is 5.91 Å². The molecule has 1 aromatic heterocycles. The van der Waals surface area contributed by atoms with Crippen molar-refractivity contribution in [2.45, 2.75) is 13.3 Å². The summed E-state index contributed by atoms with van der Waals surface area (Å²) >= 11 is 0. The van der Waals surface area contributed by atoms with Gasteiger partial charge in [0.05, 0.1) is 18.5 Å². The van der Waals surface area contributed by atoms with Crippen LogP contribution < -0.4 is 14.4 Å². The number of rotatable bonds is 7. The van der Waals surface area contributed by atoms with E-state index in [9.17, 15) is 27.2 Å². The van der Waals surface area contributed by atoms with E-state index in [1.807, 2.05) is 0 Å². The largest absolute Gasteiger partial charge is 0.573 e. The number of benzene rings is 4. The van der Waals surface area contributed by atoms with E-state index in [-0.39, 0.29) is 22.6 Å². The van der Waals surface area contributed by atoms with Gasteiger partial charge in [-0.3, -0.25) is 9.59 Å². The van der Waals surface area contributed by atoms with Crippen LogP contribution in [0.15, 0.2) is 97.3 Å². The molecule has 5 rings (SSSR count). The highest BCUT2D eigenvalue weighted by atomic mass is 19.4. The molecule has 2 amide bonds. The standard InChI is InChI=1S/C31H22F4N4O4/c1-19(40)39(30(41)21-9-16-27(32)26(17-21)25-5-3-4-6-28(25)42-2)23-10-7-20(8-11-23)29-36-18-38(37-29)22-12-14-24(15-13-22)43-31(33,34)35/h3-18H,1-2H3. The lowest BCUT2D eigenvalue weighted by molar-refractivity contribution is -0.274. The first-order valence-electron chi connectivity index (χ1n) is 12.7. The maximum atomic E-state index is 14.8. The average molecular weight is 591 g/mol. The molecule has 0 N–H and O–H groups in total. The number of anilines is 1. The van der Waals surface area contributed by atoms with Crippen LogP contribution in [0.25, 0.3) is 28.2 Å². The minimum Gasteiger partial charge on any atom is -0.496 e. The van der Waals surface area contributed by atoms with Crippen LogP contribution in [-0.4, -0.2) is 40.1 Å². The summed E-state index contributed by atoms with van der Waals surface area (Å²) in [6.45, 7) is 1.24. The topological polar surface area (TPSA) is 86.6 Å². The van der Waals surface area contributed by atoms with Crippen molar-refractivity contribution in [1.29, 1.82) is 0 Å². The molecule has 0 fully saturated rings. The molecular formula is C31H22F4N4O4. The van der Waals surface area contributed by atoms with Crippen LogP contribution in [0.2, 0.25) is 0 Å². The fourth-order valence-electron chi connectivity index (χ4n) is 4.38. The van der Waals surface area contributed by atoms with Crippen molar-refractivity contribution in [2.24, 2.45) is 0 Å². The number of hydrogen-bond acceptors (Lipinski definition) is 6. The number of carbonyl (C=O) groups is 2. The van der Waals surface area contributed by atoms with Gasteiger partial charge in [-0.15, -0.1) is 18.3 Å². The van der Waals surface area contributed by atoms with E-state index < -0.39 is 24.0 Å². The van der Waals surface area contributed by atoms with Gasteiger partial charge in [-0.1, -0.05) is 18.2 Å². The van der Waals surface area contributed by atoms with Crippen LogP contribution in [0.5, 0.6) is 11.5 Å². The molecule has 4 aromatic carbocycles. The first-order valence-corrected chi connectivity index (χ1v) is 12.7. The monoisotopic (exact) mass is 590 g/mol. The molecule has 12 heteroatoms. The first kappa shape index (κ1) is 29.0. The lowest BCUT2D eigenvalue weighted by Gasteiger charge is -2.20. The van der Waals surface area contributed by atoms with Gasteiger partial charge < -0.3 is 9.47 Å². The highest BCUT2D eigenvalue weighted by molar-refractivity contribution is 6.20. The molecule has 0 aliphatic carbocycles. The summed E-state index contributed by atoms with van der Waals surface area (Å²) in [5.74, 6) is -1.42. The number of imide groups is 1. The Hall–Kier alpha value is -5.52. The van der Waals surface area contributed by atoms with Gasteiger partial charge in [-0.2, -0.15) is 0 Å². The fraction of sp³-hybridized carbons (Fsp3) is 0.0968. The number of carbonyl (C=O) groups excluding carboxylic acids is 2. The Morgan fingerprint density at radius 3 is 2.23 bits per heavy atom. The van der Waals surface area contributed by atoms with E-state index in [0.29, 0.717) is 28.4 Å². The molecule has 0 aliphatic heterocycles. The molecule has 0 saturated carbocycles.